The molecule has 29 heavy (non-hydrogen) atoms. The van der Waals surface area contributed by atoms with Crippen LogP contribution in [-0.4, -0.2) is 48.6 Å². The zero-order valence-electron chi connectivity index (χ0n) is 17.2. The molecule has 1 heterocycles. The second-order valence-electron chi connectivity index (χ2n) is 8.19. The number of amides is 1. The van der Waals surface area contributed by atoms with Gasteiger partial charge in [-0.05, 0) is 34.1 Å². The van der Waals surface area contributed by atoms with Crippen molar-refractivity contribution in [2.75, 3.05) is 24.7 Å². The number of alkyl halides is 1. The summed E-state index contributed by atoms with van der Waals surface area (Å²) < 4.78 is 48.6. The molecule has 1 amide bonds. The number of nitrogens with zero attached hydrogens (tertiary/aromatic N) is 1. The number of halogens is 3. The quantitative estimate of drug-likeness (QED) is 0.763. The van der Waals surface area contributed by atoms with Crippen LogP contribution in [0.2, 0.25) is 0 Å². The van der Waals surface area contributed by atoms with Gasteiger partial charge in [-0.1, -0.05) is 6.92 Å². The Kier molecular flexibility index (Phi) is 6.70. The molecule has 1 fully saturated rings. The molecule has 0 spiro atoms. The molecule has 9 heteroatoms. The molecule has 0 aliphatic carbocycles. The number of nitrogens with one attached hydrogen (secondary N) is 1. The van der Waals surface area contributed by atoms with Gasteiger partial charge in [0.1, 0.15) is 17.0 Å². The maximum atomic E-state index is 15.2. The van der Waals surface area contributed by atoms with E-state index < -0.39 is 53.5 Å². The average molecular weight is 416 g/mol. The number of hydrogen-bond acceptors (Lipinski definition) is 4. The molecule has 1 saturated heterocycles. The van der Waals surface area contributed by atoms with Crippen LogP contribution in [0.15, 0.2) is 0 Å². The highest BCUT2D eigenvalue weighted by Gasteiger charge is 2.38. The molecule has 1 aromatic rings. The van der Waals surface area contributed by atoms with E-state index in [2.05, 4.69) is 5.32 Å². The van der Waals surface area contributed by atoms with Gasteiger partial charge in [-0.2, -0.15) is 0 Å². The van der Waals surface area contributed by atoms with Crippen LogP contribution in [-0.2, 0) is 11.2 Å². The van der Waals surface area contributed by atoms with Crippen LogP contribution in [0.1, 0.15) is 49.2 Å². The van der Waals surface area contributed by atoms with Crippen molar-refractivity contribution in [3.63, 3.8) is 0 Å². The van der Waals surface area contributed by atoms with E-state index in [0.29, 0.717) is 0 Å². The molecule has 2 N–H and O–H groups in total. The number of ether oxygens (including phenoxy) is 1. The molecule has 1 aliphatic rings. The SMILES string of the molecule is CCc1c(F)c(N2C[C@H](CF)[C@H](NC(=O)OC(C)(C)C)C2)c(C)c(F)c1C(=O)O. The Morgan fingerprint density at radius 2 is 1.86 bits per heavy atom. The molecule has 0 bridgehead atoms. The van der Waals surface area contributed by atoms with Crippen molar-refractivity contribution in [1.82, 2.24) is 5.32 Å². The first kappa shape index (κ1) is 22.8. The highest BCUT2D eigenvalue weighted by molar-refractivity contribution is 5.91. The number of hydrogen-bond donors (Lipinski definition) is 2. The first-order valence-electron chi connectivity index (χ1n) is 9.45. The Morgan fingerprint density at radius 3 is 2.34 bits per heavy atom. The summed E-state index contributed by atoms with van der Waals surface area (Å²) in [6.07, 6.45) is -0.737. The van der Waals surface area contributed by atoms with Gasteiger partial charge in [0, 0.05) is 30.1 Å². The van der Waals surface area contributed by atoms with Crippen LogP contribution in [0.5, 0.6) is 0 Å². The van der Waals surface area contributed by atoms with Crippen molar-refractivity contribution >= 4 is 17.7 Å². The third kappa shape index (κ3) is 4.76. The second kappa shape index (κ2) is 8.51. The molecule has 6 nitrogen and oxygen atoms in total. The molecular weight excluding hydrogens is 389 g/mol. The van der Waals surface area contributed by atoms with Crippen molar-refractivity contribution in [3.8, 4) is 0 Å². The van der Waals surface area contributed by atoms with E-state index in [9.17, 15) is 23.5 Å². The fraction of sp³-hybridized carbons (Fsp3) is 0.600. The third-order valence-corrected chi connectivity index (χ3v) is 4.90. The molecule has 0 aromatic heterocycles. The van der Waals surface area contributed by atoms with E-state index >= 15 is 4.39 Å². The fourth-order valence-electron chi connectivity index (χ4n) is 3.60. The minimum atomic E-state index is -1.54. The van der Waals surface area contributed by atoms with Crippen molar-refractivity contribution in [3.05, 3.63) is 28.3 Å². The van der Waals surface area contributed by atoms with E-state index in [0.717, 1.165) is 0 Å². The van der Waals surface area contributed by atoms with Gasteiger partial charge in [-0.25, -0.2) is 18.4 Å². The number of carbonyl (C=O) groups is 2. The van der Waals surface area contributed by atoms with Gasteiger partial charge in [-0.15, -0.1) is 0 Å². The lowest BCUT2D eigenvalue weighted by molar-refractivity contribution is 0.0494. The van der Waals surface area contributed by atoms with Crippen molar-refractivity contribution < 1.29 is 32.6 Å². The standard InChI is InChI=1S/C20H27F3N2O4/c1-6-12-14(18(26)27)15(22)10(2)17(16(12)23)25-8-11(7-21)13(9-25)24-19(28)29-20(3,4)5/h11,13H,6-9H2,1-5H3,(H,24,28)(H,26,27)/t11-,13+/m0/s1. The topological polar surface area (TPSA) is 78.9 Å². The number of carboxylic acid groups (broad SMARTS) is 1. The predicted molar refractivity (Wildman–Crippen MR) is 102 cm³/mol. The van der Waals surface area contributed by atoms with Crippen LogP contribution in [0, 0.1) is 24.5 Å². The van der Waals surface area contributed by atoms with Gasteiger partial charge >= 0.3 is 12.1 Å². The Labute approximate surface area is 168 Å². The molecule has 0 unspecified atom stereocenters. The molecular formula is C20H27F3N2O4. The predicted octanol–water partition coefficient (Wildman–Crippen LogP) is 3.83. The molecule has 2 atom stereocenters. The van der Waals surface area contributed by atoms with Crippen LogP contribution in [0.4, 0.5) is 23.7 Å². The smallest absolute Gasteiger partial charge is 0.407 e. The van der Waals surface area contributed by atoms with Crippen molar-refractivity contribution in [2.45, 2.75) is 52.7 Å². The third-order valence-electron chi connectivity index (χ3n) is 4.90. The monoisotopic (exact) mass is 416 g/mol. The fourth-order valence-corrected chi connectivity index (χ4v) is 3.60. The lowest BCUT2D eigenvalue weighted by Crippen LogP contribution is -2.43. The van der Waals surface area contributed by atoms with E-state index in [1.807, 2.05) is 0 Å². The van der Waals surface area contributed by atoms with E-state index in [-0.39, 0.29) is 36.3 Å². The van der Waals surface area contributed by atoms with Crippen molar-refractivity contribution in [2.24, 2.45) is 5.92 Å². The van der Waals surface area contributed by atoms with Gasteiger partial charge in [0.15, 0.2) is 5.82 Å². The second-order valence-corrected chi connectivity index (χ2v) is 8.19. The molecule has 2 rings (SSSR count). The average Bonchev–Trinajstić information content (AvgIpc) is 2.98. The maximum absolute atomic E-state index is 15.2. The lowest BCUT2D eigenvalue weighted by atomic mass is 9.98. The first-order chi connectivity index (χ1) is 13.4. The van der Waals surface area contributed by atoms with Crippen LogP contribution in [0.3, 0.4) is 0 Å². The van der Waals surface area contributed by atoms with E-state index in [4.69, 9.17) is 4.74 Å². The van der Waals surface area contributed by atoms with Gasteiger partial charge in [0.25, 0.3) is 0 Å². The Morgan fingerprint density at radius 1 is 1.24 bits per heavy atom. The van der Waals surface area contributed by atoms with Crippen LogP contribution in [0.25, 0.3) is 0 Å². The van der Waals surface area contributed by atoms with Gasteiger partial charge in [-0.3, -0.25) is 4.39 Å². The van der Waals surface area contributed by atoms with Crippen LogP contribution < -0.4 is 10.2 Å². The highest BCUT2D eigenvalue weighted by Crippen LogP contribution is 2.36. The largest absolute Gasteiger partial charge is 0.478 e. The zero-order chi connectivity index (χ0) is 22.1. The summed E-state index contributed by atoms with van der Waals surface area (Å²) in [4.78, 5) is 24.9. The number of anilines is 1. The number of rotatable bonds is 5. The van der Waals surface area contributed by atoms with E-state index in [1.165, 1.54) is 18.7 Å². The first-order valence-corrected chi connectivity index (χ1v) is 9.45. The minimum absolute atomic E-state index is 0.0162. The molecule has 0 radical (unpaired) electrons. The zero-order valence-corrected chi connectivity index (χ0v) is 17.2. The van der Waals surface area contributed by atoms with Gasteiger partial charge < -0.3 is 20.1 Å². The lowest BCUT2D eigenvalue weighted by Gasteiger charge is -2.25. The molecule has 1 aromatic carbocycles. The summed E-state index contributed by atoms with van der Waals surface area (Å²) in [6.45, 7) is 7.22. The summed E-state index contributed by atoms with van der Waals surface area (Å²) in [6, 6.07) is -0.666. The molecule has 162 valence electrons. The molecule has 1 aliphatic heterocycles. The summed E-state index contributed by atoms with van der Waals surface area (Å²) in [7, 11) is 0. The number of carbonyl (C=O) groups excluding carboxylic acids is 1. The number of carboxylic acids is 1. The molecule has 0 saturated carbocycles. The Balaban J connectivity index is 2.37. The van der Waals surface area contributed by atoms with Gasteiger partial charge in [0.05, 0.1) is 18.4 Å². The van der Waals surface area contributed by atoms with Crippen LogP contribution >= 0.6 is 0 Å². The maximum Gasteiger partial charge on any atom is 0.407 e. The number of benzene rings is 1. The summed E-state index contributed by atoms with van der Waals surface area (Å²) >= 11 is 0. The highest BCUT2D eigenvalue weighted by atomic mass is 19.1. The Hall–Kier alpha value is -2.45. The van der Waals surface area contributed by atoms with Gasteiger partial charge in [0.2, 0.25) is 0 Å². The van der Waals surface area contributed by atoms with E-state index in [1.54, 1.807) is 20.8 Å². The number of alkyl carbamates (subject to hydrolysis) is 1. The van der Waals surface area contributed by atoms with Crippen molar-refractivity contribution in [1.29, 1.82) is 0 Å². The summed E-state index contributed by atoms with van der Waals surface area (Å²) in [5.41, 5.74) is -1.92. The minimum Gasteiger partial charge on any atom is -0.478 e. The normalized spacial score (nSPS) is 19.4. The summed E-state index contributed by atoms with van der Waals surface area (Å²) in [5.74, 6) is -4.03. The Bertz CT molecular complexity index is 808. The summed E-state index contributed by atoms with van der Waals surface area (Å²) in [5, 5.41) is 11.9. The number of aromatic carboxylic acids is 1.